The van der Waals surface area contributed by atoms with Crippen LogP contribution < -0.4 is 10.5 Å². The van der Waals surface area contributed by atoms with Crippen molar-refractivity contribution in [3.63, 3.8) is 0 Å². The number of rotatable bonds is 4. The molecule has 0 bridgehead atoms. The van der Waals surface area contributed by atoms with Crippen molar-refractivity contribution in [2.24, 2.45) is 7.05 Å². The molecule has 0 saturated heterocycles. The van der Waals surface area contributed by atoms with Crippen molar-refractivity contribution < 1.29 is 9.84 Å². The van der Waals surface area contributed by atoms with Crippen LogP contribution in [0.25, 0.3) is 11.0 Å². The van der Waals surface area contributed by atoms with Gasteiger partial charge in [0.1, 0.15) is 18.2 Å². The summed E-state index contributed by atoms with van der Waals surface area (Å²) in [5.74, 6) is 2.31. The number of hydrogen-bond donors (Lipinski definition) is 2. The maximum atomic E-state index is 9.31. The second-order valence-electron chi connectivity index (χ2n) is 5.91. The molecule has 0 radical (unpaired) electrons. The van der Waals surface area contributed by atoms with Crippen LogP contribution in [0.5, 0.6) is 11.5 Å². The van der Waals surface area contributed by atoms with Crippen LogP contribution in [0.2, 0.25) is 0 Å². The molecule has 120 valence electrons. The largest absolute Gasteiger partial charge is 0.455 e. The molecule has 3 aromatic rings. The van der Waals surface area contributed by atoms with E-state index in [0.717, 1.165) is 16.6 Å². The van der Waals surface area contributed by atoms with E-state index in [9.17, 15) is 5.11 Å². The van der Waals surface area contributed by atoms with Gasteiger partial charge in [0, 0.05) is 13.1 Å². The Hall–Kier alpha value is -2.53. The molecule has 2 aromatic carbocycles. The molecule has 0 aliphatic carbocycles. The van der Waals surface area contributed by atoms with Gasteiger partial charge in [0.2, 0.25) is 0 Å². The van der Waals surface area contributed by atoms with E-state index >= 15 is 0 Å². The average Bonchev–Trinajstić information content (AvgIpc) is 2.85. The van der Waals surface area contributed by atoms with Gasteiger partial charge in [-0.2, -0.15) is 0 Å². The molecule has 23 heavy (non-hydrogen) atoms. The van der Waals surface area contributed by atoms with Crippen LogP contribution in [0.15, 0.2) is 36.4 Å². The summed E-state index contributed by atoms with van der Waals surface area (Å²) >= 11 is 0. The fraction of sp³-hybridized carbons (Fsp3) is 0.278. The zero-order chi connectivity index (χ0) is 16.6. The highest BCUT2D eigenvalue weighted by Crippen LogP contribution is 2.34. The Morgan fingerprint density at radius 2 is 2.04 bits per heavy atom. The summed E-state index contributed by atoms with van der Waals surface area (Å²) < 4.78 is 7.83. The molecule has 3 N–H and O–H groups in total. The van der Waals surface area contributed by atoms with E-state index in [1.165, 1.54) is 0 Å². The Labute approximate surface area is 135 Å². The molecule has 1 heterocycles. The normalized spacial score (nSPS) is 11.3. The van der Waals surface area contributed by atoms with E-state index in [4.69, 9.17) is 10.5 Å². The zero-order valence-electron chi connectivity index (χ0n) is 13.6. The summed E-state index contributed by atoms with van der Waals surface area (Å²) in [5, 5.41) is 9.31. The summed E-state index contributed by atoms with van der Waals surface area (Å²) in [6.07, 6.45) is 0. The minimum atomic E-state index is -0.0925. The van der Waals surface area contributed by atoms with Crippen molar-refractivity contribution in [1.29, 1.82) is 0 Å². The summed E-state index contributed by atoms with van der Waals surface area (Å²) in [7, 11) is 1.87. The standard InChI is InChI=1S/C18H21N3O2/c1-11(2)13-5-4-6-16(18(13)19)23-12-7-8-14-15(9-12)21(3)17(10-22)20-14/h4-9,11,22H,10,19H2,1-3H3. The fourth-order valence-corrected chi connectivity index (χ4v) is 2.70. The number of nitrogen functional groups attached to an aromatic ring is 1. The van der Waals surface area contributed by atoms with Crippen LogP contribution >= 0.6 is 0 Å². The molecule has 0 atom stereocenters. The Balaban J connectivity index is 1.99. The highest BCUT2D eigenvalue weighted by Gasteiger charge is 2.12. The molecular formula is C18H21N3O2. The number of hydrogen-bond acceptors (Lipinski definition) is 4. The molecule has 0 aliphatic heterocycles. The molecule has 3 rings (SSSR count). The van der Waals surface area contributed by atoms with E-state index < -0.39 is 0 Å². The molecule has 5 heteroatoms. The van der Waals surface area contributed by atoms with Crippen molar-refractivity contribution in [2.75, 3.05) is 5.73 Å². The predicted molar refractivity (Wildman–Crippen MR) is 91.7 cm³/mol. The minimum Gasteiger partial charge on any atom is -0.455 e. The van der Waals surface area contributed by atoms with Gasteiger partial charge >= 0.3 is 0 Å². The van der Waals surface area contributed by atoms with Crippen LogP contribution in [0.3, 0.4) is 0 Å². The number of benzene rings is 2. The smallest absolute Gasteiger partial charge is 0.150 e. The Bertz CT molecular complexity index is 853. The third-order valence-electron chi connectivity index (χ3n) is 4.04. The SMILES string of the molecule is CC(C)c1cccc(Oc2ccc3nc(CO)n(C)c3c2)c1N. The first kappa shape index (κ1) is 15.4. The van der Waals surface area contributed by atoms with Crippen LogP contribution in [-0.4, -0.2) is 14.7 Å². The summed E-state index contributed by atoms with van der Waals surface area (Å²) in [4.78, 5) is 4.37. The third kappa shape index (κ3) is 2.75. The monoisotopic (exact) mass is 311 g/mol. The van der Waals surface area contributed by atoms with Gasteiger partial charge in [-0.3, -0.25) is 0 Å². The number of ether oxygens (including phenoxy) is 1. The highest BCUT2D eigenvalue weighted by atomic mass is 16.5. The van der Waals surface area contributed by atoms with Crippen LogP contribution in [-0.2, 0) is 13.7 Å². The van der Waals surface area contributed by atoms with E-state index in [1.54, 1.807) is 0 Å². The fourth-order valence-electron chi connectivity index (χ4n) is 2.70. The number of nitrogens with two attached hydrogens (primary N) is 1. The molecule has 0 fully saturated rings. The first-order valence-electron chi connectivity index (χ1n) is 7.63. The van der Waals surface area contributed by atoms with Crippen molar-refractivity contribution in [3.05, 3.63) is 47.8 Å². The average molecular weight is 311 g/mol. The highest BCUT2D eigenvalue weighted by molar-refractivity contribution is 5.78. The quantitative estimate of drug-likeness (QED) is 0.723. The lowest BCUT2D eigenvalue weighted by Gasteiger charge is -2.14. The van der Waals surface area contributed by atoms with Crippen molar-refractivity contribution >= 4 is 16.7 Å². The van der Waals surface area contributed by atoms with Crippen molar-refractivity contribution in [3.8, 4) is 11.5 Å². The van der Waals surface area contributed by atoms with Crippen LogP contribution in [0.4, 0.5) is 5.69 Å². The first-order chi connectivity index (χ1) is 11.0. The maximum Gasteiger partial charge on any atom is 0.150 e. The second kappa shape index (κ2) is 5.93. The van der Waals surface area contributed by atoms with Crippen LogP contribution in [0, 0.1) is 0 Å². The number of aromatic nitrogens is 2. The third-order valence-corrected chi connectivity index (χ3v) is 4.04. The number of imidazole rings is 1. The number of nitrogens with zero attached hydrogens (tertiary/aromatic N) is 2. The molecule has 0 unspecified atom stereocenters. The Morgan fingerprint density at radius 3 is 2.74 bits per heavy atom. The molecule has 0 saturated carbocycles. The van der Waals surface area contributed by atoms with E-state index in [1.807, 2.05) is 48.0 Å². The molecule has 0 amide bonds. The Morgan fingerprint density at radius 1 is 1.26 bits per heavy atom. The molecule has 5 nitrogen and oxygen atoms in total. The summed E-state index contributed by atoms with van der Waals surface area (Å²) in [6, 6.07) is 11.5. The number of aryl methyl sites for hydroxylation is 1. The number of aliphatic hydroxyl groups excluding tert-OH is 1. The van der Waals surface area contributed by atoms with Gasteiger partial charge in [-0.15, -0.1) is 0 Å². The van der Waals surface area contributed by atoms with Gasteiger partial charge in [0.05, 0.1) is 16.7 Å². The minimum absolute atomic E-state index is 0.0925. The predicted octanol–water partition coefficient (Wildman–Crippen LogP) is 3.56. The lowest BCUT2D eigenvalue weighted by atomic mass is 10.0. The molecule has 1 aromatic heterocycles. The summed E-state index contributed by atoms with van der Waals surface area (Å²) in [5.41, 5.74) is 9.70. The van der Waals surface area contributed by atoms with Gasteiger partial charge in [0.25, 0.3) is 0 Å². The maximum absolute atomic E-state index is 9.31. The van der Waals surface area contributed by atoms with Gasteiger partial charge in [-0.1, -0.05) is 26.0 Å². The molecule has 0 spiro atoms. The summed E-state index contributed by atoms with van der Waals surface area (Å²) in [6.45, 7) is 4.12. The molecular weight excluding hydrogens is 290 g/mol. The molecule has 0 aliphatic rings. The topological polar surface area (TPSA) is 73.3 Å². The van der Waals surface area contributed by atoms with Crippen molar-refractivity contribution in [1.82, 2.24) is 9.55 Å². The van der Waals surface area contributed by atoms with Gasteiger partial charge < -0.3 is 20.1 Å². The number of anilines is 1. The van der Waals surface area contributed by atoms with Gasteiger partial charge in [-0.25, -0.2) is 4.98 Å². The lowest BCUT2D eigenvalue weighted by molar-refractivity contribution is 0.268. The Kier molecular flexibility index (Phi) is 3.96. The van der Waals surface area contributed by atoms with Crippen molar-refractivity contribution in [2.45, 2.75) is 26.4 Å². The lowest BCUT2D eigenvalue weighted by Crippen LogP contribution is -1.99. The van der Waals surface area contributed by atoms with Gasteiger partial charge in [0.15, 0.2) is 5.75 Å². The number of para-hydroxylation sites is 1. The van der Waals surface area contributed by atoms with Gasteiger partial charge in [-0.05, 0) is 29.7 Å². The number of aliphatic hydroxyl groups is 1. The zero-order valence-corrected chi connectivity index (χ0v) is 13.6. The van der Waals surface area contributed by atoms with E-state index in [2.05, 4.69) is 18.8 Å². The number of fused-ring (bicyclic) bond motifs is 1. The first-order valence-corrected chi connectivity index (χ1v) is 7.63. The second-order valence-corrected chi connectivity index (χ2v) is 5.91. The van der Waals surface area contributed by atoms with Crippen LogP contribution in [0.1, 0.15) is 31.2 Å². The van der Waals surface area contributed by atoms with E-state index in [-0.39, 0.29) is 6.61 Å². The van der Waals surface area contributed by atoms with E-state index in [0.29, 0.717) is 28.9 Å².